The summed E-state index contributed by atoms with van der Waals surface area (Å²) in [5.41, 5.74) is 2.80. The summed E-state index contributed by atoms with van der Waals surface area (Å²) in [5, 5.41) is 11.7. The molecular formula is C23H24N4O2S2. The SMILES string of the molecule is CCC(=O)N(c1nnc(SC(C)C(=O)Nc2ccccc2-c2ccccc2)s1)C1CC1. The van der Waals surface area contributed by atoms with Gasteiger partial charge in [-0.05, 0) is 31.4 Å². The first-order chi connectivity index (χ1) is 15.1. The van der Waals surface area contributed by atoms with Crippen LogP contribution in [0.3, 0.4) is 0 Å². The van der Waals surface area contributed by atoms with Crippen molar-refractivity contribution >= 4 is 45.7 Å². The summed E-state index contributed by atoms with van der Waals surface area (Å²) in [6.45, 7) is 3.70. The number of rotatable bonds is 8. The van der Waals surface area contributed by atoms with Crippen molar-refractivity contribution in [1.29, 1.82) is 0 Å². The molecule has 0 aliphatic heterocycles. The number of benzene rings is 2. The van der Waals surface area contributed by atoms with E-state index in [4.69, 9.17) is 0 Å². The molecular weight excluding hydrogens is 428 g/mol. The van der Waals surface area contributed by atoms with Crippen LogP contribution >= 0.6 is 23.1 Å². The molecule has 2 amide bonds. The van der Waals surface area contributed by atoms with Gasteiger partial charge in [-0.15, -0.1) is 10.2 Å². The first kappa shape index (κ1) is 21.5. The maximum atomic E-state index is 12.9. The van der Waals surface area contributed by atoms with Crippen LogP contribution in [-0.4, -0.2) is 33.3 Å². The summed E-state index contributed by atoms with van der Waals surface area (Å²) >= 11 is 2.73. The number of carbonyl (C=O) groups excluding carboxylic acids is 2. The van der Waals surface area contributed by atoms with Crippen molar-refractivity contribution in [3.05, 3.63) is 54.6 Å². The lowest BCUT2D eigenvalue weighted by Crippen LogP contribution is -2.32. The van der Waals surface area contributed by atoms with E-state index < -0.39 is 0 Å². The van der Waals surface area contributed by atoms with Gasteiger partial charge in [-0.2, -0.15) is 0 Å². The molecule has 0 saturated heterocycles. The Morgan fingerprint density at radius 2 is 1.84 bits per heavy atom. The molecule has 31 heavy (non-hydrogen) atoms. The van der Waals surface area contributed by atoms with E-state index in [1.54, 1.807) is 4.90 Å². The lowest BCUT2D eigenvalue weighted by atomic mass is 10.0. The predicted molar refractivity (Wildman–Crippen MR) is 127 cm³/mol. The molecule has 0 radical (unpaired) electrons. The molecule has 8 heteroatoms. The fourth-order valence-electron chi connectivity index (χ4n) is 3.22. The molecule has 2 aromatic carbocycles. The van der Waals surface area contributed by atoms with Gasteiger partial charge in [-0.25, -0.2) is 0 Å². The fourth-order valence-corrected chi connectivity index (χ4v) is 5.29. The van der Waals surface area contributed by atoms with E-state index in [-0.39, 0.29) is 23.1 Å². The van der Waals surface area contributed by atoms with E-state index >= 15 is 0 Å². The minimum Gasteiger partial charge on any atom is -0.325 e. The third-order valence-electron chi connectivity index (χ3n) is 5.00. The number of hydrogen-bond acceptors (Lipinski definition) is 6. The predicted octanol–water partition coefficient (Wildman–Crippen LogP) is 5.23. The first-order valence-corrected chi connectivity index (χ1v) is 12.0. The van der Waals surface area contributed by atoms with Gasteiger partial charge in [0, 0.05) is 23.7 Å². The molecule has 160 valence electrons. The lowest BCUT2D eigenvalue weighted by molar-refractivity contribution is -0.118. The number of para-hydroxylation sites is 1. The Morgan fingerprint density at radius 1 is 1.13 bits per heavy atom. The molecule has 4 rings (SSSR count). The standard InChI is InChI=1S/C23H24N4O2S2/c1-3-20(28)27(17-13-14-17)22-25-26-23(31-22)30-15(2)21(29)24-19-12-8-7-11-18(19)16-9-5-4-6-10-16/h4-12,15,17H,3,13-14H2,1-2H3,(H,24,29). The van der Waals surface area contributed by atoms with Crippen LogP contribution in [0.1, 0.15) is 33.1 Å². The molecule has 1 aliphatic carbocycles. The second-order valence-electron chi connectivity index (χ2n) is 7.36. The summed E-state index contributed by atoms with van der Waals surface area (Å²) in [5.74, 6) is -0.0349. The minimum atomic E-state index is -0.360. The van der Waals surface area contributed by atoms with Gasteiger partial charge in [0.05, 0.1) is 5.25 Å². The number of nitrogens with one attached hydrogen (secondary N) is 1. The summed E-state index contributed by atoms with van der Waals surface area (Å²) in [6, 6.07) is 18.0. The second kappa shape index (κ2) is 9.62. The number of hydrogen-bond donors (Lipinski definition) is 1. The molecule has 1 aliphatic rings. The summed E-state index contributed by atoms with van der Waals surface area (Å²) in [7, 11) is 0. The number of carbonyl (C=O) groups is 2. The van der Waals surface area contributed by atoms with Gasteiger partial charge in [0.1, 0.15) is 0 Å². The van der Waals surface area contributed by atoms with E-state index in [0.717, 1.165) is 29.7 Å². The second-order valence-corrected chi connectivity index (χ2v) is 9.90. The van der Waals surface area contributed by atoms with Gasteiger partial charge in [0.25, 0.3) is 0 Å². The highest BCUT2D eigenvalue weighted by atomic mass is 32.2. The van der Waals surface area contributed by atoms with Crippen LogP contribution in [0.15, 0.2) is 58.9 Å². The van der Waals surface area contributed by atoms with Crippen molar-refractivity contribution in [1.82, 2.24) is 10.2 Å². The van der Waals surface area contributed by atoms with Gasteiger partial charge in [0.15, 0.2) is 4.34 Å². The third-order valence-corrected chi connectivity index (χ3v) is 7.11. The number of aromatic nitrogens is 2. The van der Waals surface area contributed by atoms with Gasteiger partial charge >= 0.3 is 0 Å². The highest BCUT2D eigenvalue weighted by molar-refractivity contribution is 8.02. The molecule has 6 nitrogen and oxygen atoms in total. The molecule has 1 atom stereocenters. The number of nitrogens with zero attached hydrogens (tertiary/aromatic N) is 3. The van der Waals surface area contributed by atoms with Crippen molar-refractivity contribution in [2.24, 2.45) is 0 Å². The Kier molecular flexibility index (Phi) is 6.67. The molecule has 0 bridgehead atoms. The molecule has 1 N–H and O–H groups in total. The van der Waals surface area contributed by atoms with E-state index in [1.165, 1.54) is 23.1 Å². The van der Waals surface area contributed by atoms with Crippen molar-refractivity contribution in [3.63, 3.8) is 0 Å². The molecule has 1 aromatic heterocycles. The van der Waals surface area contributed by atoms with Crippen molar-refractivity contribution in [3.8, 4) is 11.1 Å². The highest BCUT2D eigenvalue weighted by Crippen LogP contribution is 2.37. The van der Waals surface area contributed by atoms with Crippen LogP contribution in [0.4, 0.5) is 10.8 Å². The summed E-state index contributed by atoms with van der Waals surface area (Å²) in [4.78, 5) is 26.9. The van der Waals surface area contributed by atoms with Crippen LogP contribution in [0.5, 0.6) is 0 Å². The van der Waals surface area contributed by atoms with Crippen LogP contribution in [-0.2, 0) is 9.59 Å². The van der Waals surface area contributed by atoms with Crippen molar-refractivity contribution < 1.29 is 9.59 Å². The molecule has 1 saturated carbocycles. The third kappa shape index (κ3) is 5.14. The molecule has 3 aromatic rings. The highest BCUT2D eigenvalue weighted by Gasteiger charge is 2.35. The van der Waals surface area contributed by atoms with E-state index in [0.29, 0.717) is 15.9 Å². The average molecular weight is 453 g/mol. The fraction of sp³-hybridized carbons (Fsp3) is 0.304. The van der Waals surface area contributed by atoms with Crippen LogP contribution < -0.4 is 10.2 Å². The maximum Gasteiger partial charge on any atom is 0.237 e. The van der Waals surface area contributed by atoms with E-state index in [1.807, 2.05) is 68.4 Å². The summed E-state index contributed by atoms with van der Waals surface area (Å²) < 4.78 is 0.684. The monoisotopic (exact) mass is 452 g/mol. The average Bonchev–Trinajstić information content (AvgIpc) is 3.53. The Morgan fingerprint density at radius 3 is 2.55 bits per heavy atom. The number of amides is 2. The lowest BCUT2D eigenvalue weighted by Gasteiger charge is -2.17. The zero-order valence-electron chi connectivity index (χ0n) is 17.4. The van der Waals surface area contributed by atoms with Gasteiger partial charge in [-0.1, -0.05) is 78.6 Å². The van der Waals surface area contributed by atoms with Gasteiger partial charge in [0.2, 0.25) is 16.9 Å². The van der Waals surface area contributed by atoms with Crippen LogP contribution in [0.25, 0.3) is 11.1 Å². The van der Waals surface area contributed by atoms with Gasteiger partial charge < -0.3 is 5.32 Å². The maximum absolute atomic E-state index is 12.9. The summed E-state index contributed by atoms with van der Waals surface area (Å²) in [6.07, 6.45) is 2.46. The Bertz CT molecular complexity index is 1070. The zero-order valence-corrected chi connectivity index (χ0v) is 19.1. The molecule has 1 fully saturated rings. The van der Waals surface area contributed by atoms with Gasteiger partial charge in [-0.3, -0.25) is 14.5 Å². The number of anilines is 2. The minimum absolute atomic E-state index is 0.0681. The Labute approximate surface area is 190 Å². The normalized spacial score (nSPS) is 14.1. The number of thioether (sulfide) groups is 1. The van der Waals surface area contributed by atoms with Crippen molar-refractivity contribution in [2.75, 3.05) is 10.2 Å². The Balaban J connectivity index is 1.44. The van der Waals surface area contributed by atoms with Crippen LogP contribution in [0, 0.1) is 0 Å². The van der Waals surface area contributed by atoms with Crippen molar-refractivity contribution in [2.45, 2.75) is 48.7 Å². The zero-order chi connectivity index (χ0) is 21.8. The first-order valence-electron chi connectivity index (χ1n) is 10.3. The Hall–Kier alpha value is -2.71. The van der Waals surface area contributed by atoms with Crippen LogP contribution in [0.2, 0.25) is 0 Å². The van der Waals surface area contributed by atoms with E-state index in [2.05, 4.69) is 15.5 Å². The quantitative estimate of drug-likeness (QED) is 0.374. The largest absolute Gasteiger partial charge is 0.325 e. The molecule has 1 heterocycles. The molecule has 0 spiro atoms. The van der Waals surface area contributed by atoms with E-state index in [9.17, 15) is 9.59 Å². The molecule has 1 unspecified atom stereocenters. The smallest absolute Gasteiger partial charge is 0.237 e. The topological polar surface area (TPSA) is 75.2 Å².